The van der Waals surface area contributed by atoms with E-state index < -0.39 is 0 Å². The summed E-state index contributed by atoms with van der Waals surface area (Å²) >= 11 is 2.41. The lowest BCUT2D eigenvalue weighted by Crippen LogP contribution is -2.10. The van der Waals surface area contributed by atoms with Gasteiger partial charge in [0.25, 0.3) is 5.91 Å². The Hall–Kier alpha value is -1.86. The number of aromatic nitrogens is 3. The maximum absolute atomic E-state index is 12.0. The van der Waals surface area contributed by atoms with Crippen LogP contribution in [0.2, 0.25) is 0 Å². The van der Waals surface area contributed by atoms with E-state index in [-0.39, 0.29) is 5.91 Å². The van der Waals surface area contributed by atoms with Crippen molar-refractivity contribution in [2.75, 3.05) is 5.32 Å². The average molecular weight is 276 g/mol. The van der Waals surface area contributed by atoms with Crippen LogP contribution < -0.4 is 5.32 Å². The van der Waals surface area contributed by atoms with Crippen LogP contribution in [0.5, 0.6) is 0 Å². The van der Waals surface area contributed by atoms with Crippen LogP contribution in [-0.4, -0.2) is 19.0 Å². The SMILES string of the molecule is Cc1cc(NC(=O)c2ccc3nsnc3c2)sn1. The molecule has 0 fully saturated rings. The van der Waals surface area contributed by atoms with E-state index >= 15 is 0 Å². The summed E-state index contributed by atoms with van der Waals surface area (Å²) in [6.07, 6.45) is 0. The number of carbonyl (C=O) groups is 1. The zero-order chi connectivity index (χ0) is 12.5. The van der Waals surface area contributed by atoms with Crippen molar-refractivity contribution in [3.63, 3.8) is 0 Å². The lowest BCUT2D eigenvalue weighted by atomic mass is 10.2. The molecular formula is C11H8N4OS2. The Morgan fingerprint density at radius 3 is 2.78 bits per heavy atom. The molecule has 2 aromatic heterocycles. The number of amides is 1. The minimum atomic E-state index is -0.159. The molecule has 0 saturated carbocycles. The van der Waals surface area contributed by atoms with Gasteiger partial charge in [0.1, 0.15) is 16.0 Å². The van der Waals surface area contributed by atoms with Crippen LogP contribution >= 0.6 is 23.3 Å². The highest BCUT2D eigenvalue weighted by Crippen LogP contribution is 2.18. The van der Waals surface area contributed by atoms with Gasteiger partial charge in [0.05, 0.1) is 17.4 Å². The maximum atomic E-state index is 12.0. The molecule has 1 amide bonds. The zero-order valence-corrected chi connectivity index (χ0v) is 11.0. The molecule has 0 radical (unpaired) electrons. The number of nitrogens with zero attached hydrogens (tertiary/aromatic N) is 3. The minimum Gasteiger partial charge on any atom is -0.312 e. The molecular weight excluding hydrogens is 268 g/mol. The maximum Gasteiger partial charge on any atom is 0.256 e. The second-order valence-electron chi connectivity index (χ2n) is 3.75. The topological polar surface area (TPSA) is 67.8 Å². The van der Waals surface area contributed by atoms with Gasteiger partial charge in [-0.25, -0.2) is 0 Å². The second kappa shape index (κ2) is 4.43. The molecule has 7 heteroatoms. The van der Waals surface area contributed by atoms with Crippen LogP contribution in [0.1, 0.15) is 16.1 Å². The number of fused-ring (bicyclic) bond motifs is 1. The fraction of sp³-hybridized carbons (Fsp3) is 0.0909. The van der Waals surface area contributed by atoms with E-state index in [2.05, 4.69) is 18.4 Å². The highest BCUT2D eigenvalue weighted by molar-refractivity contribution is 7.10. The van der Waals surface area contributed by atoms with Crippen LogP contribution in [0, 0.1) is 6.92 Å². The Labute approximate surface area is 111 Å². The third-order valence-electron chi connectivity index (χ3n) is 2.38. The molecule has 0 spiro atoms. The van der Waals surface area contributed by atoms with E-state index in [1.165, 1.54) is 11.5 Å². The van der Waals surface area contributed by atoms with Gasteiger partial charge < -0.3 is 5.32 Å². The molecule has 3 aromatic rings. The summed E-state index contributed by atoms with van der Waals surface area (Å²) in [5, 5.41) is 3.55. The van der Waals surface area contributed by atoms with Gasteiger partial charge in [-0.1, -0.05) is 0 Å². The number of anilines is 1. The monoisotopic (exact) mass is 276 g/mol. The third kappa shape index (κ3) is 2.09. The number of rotatable bonds is 2. The predicted octanol–water partition coefficient (Wildman–Crippen LogP) is 2.71. The minimum absolute atomic E-state index is 0.159. The lowest BCUT2D eigenvalue weighted by molar-refractivity contribution is 0.102. The molecule has 2 heterocycles. The van der Waals surface area contributed by atoms with Crippen LogP contribution in [0.25, 0.3) is 11.0 Å². The molecule has 3 rings (SSSR count). The van der Waals surface area contributed by atoms with Gasteiger partial charge in [-0.05, 0) is 42.7 Å². The molecule has 1 N–H and O–H groups in total. The van der Waals surface area contributed by atoms with Crippen molar-refractivity contribution in [2.45, 2.75) is 6.92 Å². The summed E-state index contributed by atoms with van der Waals surface area (Å²) < 4.78 is 12.3. The Morgan fingerprint density at radius 1 is 1.17 bits per heavy atom. The van der Waals surface area contributed by atoms with Gasteiger partial charge in [0, 0.05) is 5.56 Å². The largest absolute Gasteiger partial charge is 0.312 e. The molecule has 5 nitrogen and oxygen atoms in total. The molecule has 0 saturated heterocycles. The first-order valence-electron chi connectivity index (χ1n) is 5.19. The van der Waals surface area contributed by atoms with Crippen LogP contribution in [0.3, 0.4) is 0 Å². The zero-order valence-electron chi connectivity index (χ0n) is 9.38. The van der Waals surface area contributed by atoms with Gasteiger partial charge in [-0.15, -0.1) is 0 Å². The Balaban J connectivity index is 1.87. The van der Waals surface area contributed by atoms with Crippen LogP contribution in [0.4, 0.5) is 5.00 Å². The normalized spacial score (nSPS) is 10.7. The van der Waals surface area contributed by atoms with Gasteiger partial charge in [-0.2, -0.15) is 13.1 Å². The molecule has 1 aromatic carbocycles. The van der Waals surface area contributed by atoms with Crippen molar-refractivity contribution in [3.8, 4) is 0 Å². The van der Waals surface area contributed by atoms with Gasteiger partial charge in [-0.3, -0.25) is 4.79 Å². The molecule has 0 aliphatic carbocycles. The van der Waals surface area contributed by atoms with E-state index in [9.17, 15) is 4.79 Å². The van der Waals surface area contributed by atoms with Crippen molar-refractivity contribution in [3.05, 3.63) is 35.5 Å². The first-order valence-corrected chi connectivity index (χ1v) is 6.70. The van der Waals surface area contributed by atoms with Gasteiger partial charge in [0.15, 0.2) is 0 Å². The van der Waals surface area contributed by atoms with Crippen molar-refractivity contribution in [1.29, 1.82) is 0 Å². The predicted molar refractivity (Wildman–Crippen MR) is 72.2 cm³/mol. The first-order chi connectivity index (χ1) is 8.72. The highest BCUT2D eigenvalue weighted by Gasteiger charge is 2.09. The molecule has 0 atom stereocenters. The summed E-state index contributed by atoms with van der Waals surface area (Å²) in [4.78, 5) is 12.0. The molecule has 0 aliphatic heterocycles. The summed E-state index contributed by atoms with van der Waals surface area (Å²) in [5.41, 5.74) is 3.02. The molecule has 0 bridgehead atoms. The van der Waals surface area contributed by atoms with Crippen molar-refractivity contribution in [2.24, 2.45) is 0 Å². The van der Waals surface area contributed by atoms with Crippen molar-refractivity contribution in [1.82, 2.24) is 13.1 Å². The first kappa shape index (κ1) is 11.2. The number of carbonyl (C=O) groups excluding carboxylic acids is 1. The van der Waals surface area contributed by atoms with Crippen LogP contribution in [-0.2, 0) is 0 Å². The summed E-state index contributed by atoms with van der Waals surface area (Å²) in [6, 6.07) is 7.12. The van der Waals surface area contributed by atoms with Crippen molar-refractivity contribution >= 4 is 45.2 Å². The van der Waals surface area contributed by atoms with Crippen LogP contribution in [0.15, 0.2) is 24.3 Å². The van der Waals surface area contributed by atoms with Crippen molar-refractivity contribution < 1.29 is 4.79 Å². The Morgan fingerprint density at radius 2 is 2.00 bits per heavy atom. The number of hydrogen-bond donors (Lipinski definition) is 1. The summed E-state index contributed by atoms with van der Waals surface area (Å²) in [6.45, 7) is 1.89. The van der Waals surface area contributed by atoms with E-state index in [1.807, 2.05) is 13.0 Å². The smallest absolute Gasteiger partial charge is 0.256 e. The van der Waals surface area contributed by atoms with E-state index in [1.54, 1.807) is 18.2 Å². The number of aryl methyl sites for hydroxylation is 1. The van der Waals surface area contributed by atoms with E-state index in [4.69, 9.17) is 0 Å². The Kier molecular flexibility index (Phi) is 2.77. The van der Waals surface area contributed by atoms with Gasteiger partial charge in [0.2, 0.25) is 0 Å². The molecule has 90 valence electrons. The number of benzene rings is 1. The number of nitrogens with one attached hydrogen (secondary N) is 1. The Bertz CT molecular complexity index is 718. The average Bonchev–Trinajstić information content (AvgIpc) is 2.96. The van der Waals surface area contributed by atoms with E-state index in [0.717, 1.165) is 33.5 Å². The highest BCUT2D eigenvalue weighted by atomic mass is 32.1. The fourth-order valence-corrected chi connectivity index (χ4v) is 2.70. The summed E-state index contributed by atoms with van der Waals surface area (Å²) in [7, 11) is 0. The lowest BCUT2D eigenvalue weighted by Gasteiger charge is -2.01. The number of hydrogen-bond acceptors (Lipinski definition) is 6. The van der Waals surface area contributed by atoms with Gasteiger partial charge >= 0.3 is 0 Å². The molecule has 0 unspecified atom stereocenters. The molecule has 18 heavy (non-hydrogen) atoms. The second-order valence-corrected chi connectivity index (χ2v) is 5.09. The standard InChI is InChI=1S/C11H8N4OS2/c1-6-4-10(17-13-6)12-11(16)7-2-3-8-9(5-7)15-18-14-8/h2-5H,1H3,(H,12,16). The van der Waals surface area contributed by atoms with E-state index in [0.29, 0.717) is 5.56 Å². The third-order valence-corrected chi connectivity index (χ3v) is 3.73. The molecule has 0 aliphatic rings. The fourth-order valence-electron chi connectivity index (χ4n) is 1.53. The summed E-state index contributed by atoms with van der Waals surface area (Å²) in [5.74, 6) is -0.159. The quantitative estimate of drug-likeness (QED) is 0.781.